The van der Waals surface area contributed by atoms with Crippen molar-refractivity contribution in [1.29, 1.82) is 0 Å². The fraction of sp³-hybridized carbons (Fsp3) is 0.652. The van der Waals surface area contributed by atoms with Crippen LogP contribution in [-0.2, 0) is 11.0 Å². The van der Waals surface area contributed by atoms with Crippen LogP contribution in [0, 0.1) is 0 Å². The summed E-state index contributed by atoms with van der Waals surface area (Å²) in [6.45, 7) is 13.8. The average molecular weight is 377 g/mol. The van der Waals surface area contributed by atoms with Crippen molar-refractivity contribution >= 4 is 13.9 Å². The number of rotatable bonds is 12. The van der Waals surface area contributed by atoms with E-state index in [1.54, 1.807) is 0 Å². The summed E-state index contributed by atoms with van der Waals surface area (Å²) in [6, 6.07) is 11.8. The standard InChI is InChI=1S/C23H40O2Si/c1-7-23(8-2,25-26(9-3,10-4)11-5)17-13-14-20(6)22-16-12-15-21(18-22)19-24/h12,14-16,18,24H,7-11,13,17,19H2,1-6H3/b20-14+. The molecule has 0 aliphatic rings. The Morgan fingerprint density at radius 3 is 2.19 bits per heavy atom. The average Bonchev–Trinajstić information content (AvgIpc) is 2.71. The minimum absolute atomic E-state index is 0.0258. The molecule has 0 amide bonds. The van der Waals surface area contributed by atoms with Gasteiger partial charge in [-0.05, 0) is 73.5 Å². The van der Waals surface area contributed by atoms with Crippen LogP contribution < -0.4 is 0 Å². The fourth-order valence-electron chi connectivity index (χ4n) is 3.81. The van der Waals surface area contributed by atoms with Crippen molar-refractivity contribution in [3.8, 4) is 0 Å². The third kappa shape index (κ3) is 6.07. The van der Waals surface area contributed by atoms with Crippen LogP contribution in [0.1, 0.15) is 78.4 Å². The summed E-state index contributed by atoms with van der Waals surface area (Å²) in [5.41, 5.74) is 3.49. The summed E-state index contributed by atoms with van der Waals surface area (Å²) in [5, 5.41) is 9.34. The van der Waals surface area contributed by atoms with Crippen LogP contribution in [0.15, 0.2) is 30.3 Å². The third-order valence-electron chi connectivity index (χ3n) is 6.27. The van der Waals surface area contributed by atoms with Gasteiger partial charge in [0.15, 0.2) is 8.32 Å². The van der Waals surface area contributed by atoms with Gasteiger partial charge in [0.2, 0.25) is 0 Å². The molecule has 0 radical (unpaired) electrons. The van der Waals surface area contributed by atoms with Crippen LogP contribution in [0.2, 0.25) is 18.1 Å². The van der Waals surface area contributed by atoms with E-state index < -0.39 is 8.32 Å². The zero-order valence-corrected chi connectivity index (χ0v) is 18.9. The predicted molar refractivity (Wildman–Crippen MR) is 117 cm³/mol. The minimum Gasteiger partial charge on any atom is -0.411 e. The summed E-state index contributed by atoms with van der Waals surface area (Å²) in [5.74, 6) is 0. The molecule has 0 aromatic heterocycles. The zero-order chi connectivity index (χ0) is 19.6. The van der Waals surface area contributed by atoms with Crippen LogP contribution in [0.5, 0.6) is 0 Å². The third-order valence-corrected chi connectivity index (χ3v) is 11.0. The van der Waals surface area contributed by atoms with E-state index >= 15 is 0 Å². The van der Waals surface area contributed by atoms with Crippen molar-refractivity contribution in [1.82, 2.24) is 0 Å². The van der Waals surface area contributed by atoms with E-state index in [1.807, 2.05) is 12.1 Å². The maximum absolute atomic E-state index is 9.34. The first-order valence-electron chi connectivity index (χ1n) is 10.5. The summed E-state index contributed by atoms with van der Waals surface area (Å²) in [6.07, 6.45) is 6.65. The van der Waals surface area contributed by atoms with E-state index in [9.17, 15) is 5.11 Å². The topological polar surface area (TPSA) is 29.5 Å². The van der Waals surface area contributed by atoms with E-state index in [1.165, 1.54) is 29.3 Å². The van der Waals surface area contributed by atoms with Gasteiger partial charge in [0.05, 0.1) is 12.2 Å². The molecule has 0 heterocycles. The van der Waals surface area contributed by atoms with Crippen molar-refractivity contribution in [2.75, 3.05) is 0 Å². The van der Waals surface area contributed by atoms with Gasteiger partial charge in [-0.25, -0.2) is 0 Å². The first-order valence-corrected chi connectivity index (χ1v) is 13.0. The largest absolute Gasteiger partial charge is 0.411 e. The maximum atomic E-state index is 9.34. The Bertz CT molecular complexity index is 549. The second-order valence-corrected chi connectivity index (χ2v) is 12.2. The number of hydrogen-bond acceptors (Lipinski definition) is 2. The van der Waals surface area contributed by atoms with Crippen LogP contribution in [0.3, 0.4) is 0 Å². The number of hydrogen-bond donors (Lipinski definition) is 1. The Hall–Kier alpha value is -0.903. The van der Waals surface area contributed by atoms with Gasteiger partial charge in [-0.2, -0.15) is 0 Å². The van der Waals surface area contributed by atoms with Gasteiger partial charge in [-0.15, -0.1) is 0 Å². The summed E-state index contributed by atoms with van der Waals surface area (Å²) >= 11 is 0. The van der Waals surface area contributed by atoms with Gasteiger partial charge in [-0.1, -0.05) is 58.9 Å². The van der Waals surface area contributed by atoms with Gasteiger partial charge in [-0.3, -0.25) is 0 Å². The van der Waals surface area contributed by atoms with Crippen molar-refractivity contribution in [3.05, 3.63) is 41.5 Å². The lowest BCUT2D eigenvalue weighted by Crippen LogP contribution is -2.46. The number of allylic oxidation sites excluding steroid dienone is 2. The molecule has 1 N–H and O–H groups in total. The smallest absolute Gasteiger partial charge is 0.192 e. The van der Waals surface area contributed by atoms with Gasteiger partial charge < -0.3 is 9.53 Å². The van der Waals surface area contributed by atoms with Crippen LogP contribution in [0.4, 0.5) is 0 Å². The minimum atomic E-state index is -1.60. The molecule has 0 atom stereocenters. The SMILES string of the molecule is CCC(CC)(CC/C=C(\C)c1cccc(CO)c1)O[Si](CC)(CC)CC. The highest BCUT2D eigenvalue weighted by Crippen LogP contribution is 2.35. The fourth-order valence-corrected chi connectivity index (χ4v) is 7.05. The quantitative estimate of drug-likeness (QED) is 0.400. The molecule has 0 bridgehead atoms. The molecule has 0 saturated heterocycles. The van der Waals surface area contributed by atoms with Gasteiger partial charge >= 0.3 is 0 Å². The van der Waals surface area contributed by atoms with Crippen LogP contribution in [-0.4, -0.2) is 19.0 Å². The van der Waals surface area contributed by atoms with E-state index in [2.05, 4.69) is 59.8 Å². The zero-order valence-electron chi connectivity index (χ0n) is 17.9. The van der Waals surface area contributed by atoms with Gasteiger partial charge in [0.25, 0.3) is 0 Å². The first kappa shape index (κ1) is 23.1. The molecule has 0 aliphatic carbocycles. The van der Waals surface area contributed by atoms with E-state index in [4.69, 9.17) is 4.43 Å². The molecule has 26 heavy (non-hydrogen) atoms. The predicted octanol–water partition coefficient (Wildman–Crippen LogP) is 6.94. The highest BCUT2D eigenvalue weighted by molar-refractivity contribution is 6.73. The summed E-state index contributed by atoms with van der Waals surface area (Å²) < 4.78 is 6.97. The molecule has 1 aromatic carbocycles. The maximum Gasteiger partial charge on any atom is 0.192 e. The summed E-state index contributed by atoms with van der Waals surface area (Å²) in [7, 11) is -1.60. The highest BCUT2D eigenvalue weighted by atomic mass is 28.4. The van der Waals surface area contributed by atoms with Crippen LogP contribution in [0.25, 0.3) is 5.57 Å². The molecule has 0 aliphatic heterocycles. The van der Waals surface area contributed by atoms with Crippen LogP contribution >= 0.6 is 0 Å². The van der Waals surface area contributed by atoms with E-state index in [0.29, 0.717) is 0 Å². The molecule has 2 nitrogen and oxygen atoms in total. The normalized spacial score (nSPS) is 13.3. The Morgan fingerprint density at radius 1 is 1.08 bits per heavy atom. The molecule has 0 saturated carbocycles. The molecule has 148 valence electrons. The molecular formula is C23H40O2Si. The number of benzene rings is 1. The molecule has 1 rings (SSSR count). The molecule has 1 aromatic rings. The lowest BCUT2D eigenvalue weighted by molar-refractivity contribution is 0.0397. The first-order chi connectivity index (χ1) is 12.4. The number of aliphatic hydroxyl groups is 1. The Kier molecular flexibility index (Phi) is 9.84. The second kappa shape index (κ2) is 11.1. The van der Waals surface area contributed by atoms with E-state index in [-0.39, 0.29) is 12.2 Å². The van der Waals surface area contributed by atoms with E-state index in [0.717, 1.165) is 31.2 Å². The lowest BCUT2D eigenvalue weighted by Gasteiger charge is -2.42. The Morgan fingerprint density at radius 2 is 1.69 bits per heavy atom. The van der Waals surface area contributed by atoms with Crippen molar-refractivity contribution in [2.45, 2.75) is 97.6 Å². The van der Waals surface area contributed by atoms with Gasteiger partial charge in [0, 0.05) is 0 Å². The molecule has 3 heteroatoms. The summed E-state index contributed by atoms with van der Waals surface area (Å²) in [4.78, 5) is 0. The lowest BCUT2D eigenvalue weighted by atomic mass is 9.91. The van der Waals surface area contributed by atoms with Gasteiger partial charge in [0.1, 0.15) is 0 Å². The monoisotopic (exact) mass is 376 g/mol. The van der Waals surface area contributed by atoms with Crippen molar-refractivity contribution in [3.63, 3.8) is 0 Å². The molecular weight excluding hydrogens is 336 g/mol. The second-order valence-electron chi connectivity index (χ2n) is 7.52. The van der Waals surface area contributed by atoms with Crippen molar-refractivity contribution in [2.24, 2.45) is 0 Å². The molecule has 0 spiro atoms. The Balaban J connectivity index is 2.87. The number of aliphatic hydroxyl groups excluding tert-OH is 1. The Labute approximate surface area is 162 Å². The molecule has 0 fully saturated rings. The molecule has 0 unspecified atom stereocenters. The van der Waals surface area contributed by atoms with Crippen molar-refractivity contribution < 1.29 is 9.53 Å². The highest BCUT2D eigenvalue weighted by Gasteiger charge is 2.38.